The van der Waals surface area contributed by atoms with Crippen LogP contribution < -0.4 is 0 Å². The number of para-hydroxylation sites is 1. The van der Waals surface area contributed by atoms with Gasteiger partial charge in [-0.15, -0.1) is 0 Å². The van der Waals surface area contributed by atoms with Gasteiger partial charge in [-0.1, -0.05) is 133 Å². The maximum absolute atomic E-state index is 6.69. The van der Waals surface area contributed by atoms with E-state index >= 15 is 0 Å². The van der Waals surface area contributed by atoms with Gasteiger partial charge < -0.3 is 8.83 Å². The average molecular weight is 692 g/mol. The molecule has 8 aromatic carbocycles. The number of aromatic nitrogens is 3. The van der Waals surface area contributed by atoms with Gasteiger partial charge in [-0.3, -0.25) is 0 Å². The molecule has 0 fully saturated rings. The lowest BCUT2D eigenvalue weighted by Gasteiger charge is -2.12. The van der Waals surface area contributed by atoms with Crippen molar-refractivity contribution in [1.29, 1.82) is 0 Å². The number of hydrogen-bond donors (Lipinski definition) is 0. The zero-order valence-electron chi connectivity index (χ0n) is 28.9. The minimum atomic E-state index is 0.569. The summed E-state index contributed by atoms with van der Waals surface area (Å²) in [5.41, 5.74) is 10.0. The molecule has 0 spiro atoms. The monoisotopic (exact) mass is 691 g/mol. The molecule has 252 valence electrons. The summed E-state index contributed by atoms with van der Waals surface area (Å²) in [6.07, 6.45) is 0. The van der Waals surface area contributed by atoms with E-state index in [0.29, 0.717) is 17.5 Å². The lowest BCUT2D eigenvalue weighted by Crippen LogP contribution is -2.01. The summed E-state index contributed by atoms with van der Waals surface area (Å²) in [7, 11) is 0. The summed E-state index contributed by atoms with van der Waals surface area (Å²) >= 11 is 0. The van der Waals surface area contributed by atoms with Crippen molar-refractivity contribution in [3.8, 4) is 56.4 Å². The highest BCUT2D eigenvalue weighted by Gasteiger charge is 2.22. The van der Waals surface area contributed by atoms with Crippen LogP contribution in [0.3, 0.4) is 0 Å². The second kappa shape index (κ2) is 12.1. The van der Waals surface area contributed by atoms with E-state index in [1.165, 1.54) is 0 Å². The molecule has 54 heavy (non-hydrogen) atoms. The van der Waals surface area contributed by atoms with Gasteiger partial charge in [-0.25, -0.2) is 15.0 Å². The van der Waals surface area contributed by atoms with E-state index in [9.17, 15) is 0 Å². The predicted octanol–water partition coefficient (Wildman–Crippen LogP) is 13.2. The molecule has 3 heterocycles. The normalized spacial score (nSPS) is 11.7. The van der Waals surface area contributed by atoms with E-state index in [0.717, 1.165) is 93.6 Å². The lowest BCUT2D eigenvalue weighted by molar-refractivity contribution is 0.670. The third kappa shape index (κ3) is 4.90. The number of furan rings is 2. The summed E-state index contributed by atoms with van der Waals surface area (Å²) in [6, 6.07) is 60.3. The van der Waals surface area contributed by atoms with Crippen LogP contribution in [0.2, 0.25) is 0 Å². The molecule has 0 aliphatic heterocycles. The zero-order chi connectivity index (χ0) is 35.6. The van der Waals surface area contributed by atoms with Crippen LogP contribution >= 0.6 is 0 Å². The van der Waals surface area contributed by atoms with Crippen molar-refractivity contribution < 1.29 is 8.83 Å². The summed E-state index contributed by atoms with van der Waals surface area (Å²) in [4.78, 5) is 15.6. The van der Waals surface area contributed by atoms with Crippen LogP contribution in [0.1, 0.15) is 0 Å². The molecule has 0 saturated heterocycles. The topological polar surface area (TPSA) is 65.0 Å². The van der Waals surface area contributed by atoms with Crippen molar-refractivity contribution >= 4 is 54.6 Å². The summed E-state index contributed by atoms with van der Waals surface area (Å²) in [6.45, 7) is 0. The Labute approximate surface area is 309 Å². The summed E-state index contributed by atoms with van der Waals surface area (Å²) in [5, 5.41) is 6.32. The predicted molar refractivity (Wildman–Crippen MR) is 219 cm³/mol. The Kier molecular flexibility index (Phi) is 6.79. The van der Waals surface area contributed by atoms with Gasteiger partial charge in [0.1, 0.15) is 22.3 Å². The van der Waals surface area contributed by atoms with Crippen LogP contribution in [0.4, 0.5) is 0 Å². The van der Waals surface area contributed by atoms with Gasteiger partial charge in [0.2, 0.25) is 0 Å². The van der Waals surface area contributed by atoms with Gasteiger partial charge in [0.15, 0.2) is 17.5 Å². The van der Waals surface area contributed by atoms with Gasteiger partial charge in [0.25, 0.3) is 0 Å². The minimum Gasteiger partial charge on any atom is -0.455 e. The molecule has 5 nitrogen and oxygen atoms in total. The molecule has 3 aromatic heterocycles. The number of nitrogens with zero attached hydrogens (tertiary/aromatic N) is 3. The third-order valence-corrected chi connectivity index (χ3v) is 10.3. The first-order valence-electron chi connectivity index (χ1n) is 18.0. The number of benzene rings is 8. The van der Waals surface area contributed by atoms with E-state index in [4.69, 9.17) is 23.8 Å². The average Bonchev–Trinajstić information content (AvgIpc) is 3.81. The highest BCUT2D eigenvalue weighted by atomic mass is 16.3. The van der Waals surface area contributed by atoms with Gasteiger partial charge >= 0.3 is 0 Å². The van der Waals surface area contributed by atoms with Crippen molar-refractivity contribution in [3.63, 3.8) is 0 Å². The Balaban J connectivity index is 1.21. The molecule has 0 saturated carbocycles. The van der Waals surface area contributed by atoms with Crippen molar-refractivity contribution in [2.24, 2.45) is 0 Å². The van der Waals surface area contributed by atoms with Gasteiger partial charge in [-0.2, -0.15) is 0 Å². The van der Waals surface area contributed by atoms with Gasteiger partial charge in [0, 0.05) is 49.4 Å². The number of hydrogen-bond acceptors (Lipinski definition) is 5. The quantitative estimate of drug-likeness (QED) is 0.180. The van der Waals surface area contributed by atoms with Crippen LogP contribution in [-0.2, 0) is 0 Å². The first kappa shape index (κ1) is 30.3. The molecule has 0 amide bonds. The molecule has 11 rings (SSSR count). The first-order chi connectivity index (χ1) is 26.7. The Bertz CT molecular complexity index is 3200. The highest BCUT2D eigenvalue weighted by molar-refractivity contribution is 6.16. The van der Waals surface area contributed by atoms with Crippen molar-refractivity contribution in [2.45, 2.75) is 0 Å². The van der Waals surface area contributed by atoms with Crippen LogP contribution in [0.15, 0.2) is 185 Å². The molecule has 0 radical (unpaired) electrons. The van der Waals surface area contributed by atoms with Crippen LogP contribution in [0, 0.1) is 0 Å². The summed E-state index contributed by atoms with van der Waals surface area (Å²) in [5.74, 6) is 1.73. The maximum atomic E-state index is 6.69. The Hall–Kier alpha value is -7.37. The van der Waals surface area contributed by atoms with Gasteiger partial charge in [-0.05, 0) is 64.4 Å². The van der Waals surface area contributed by atoms with E-state index in [1.807, 2.05) is 72.8 Å². The highest BCUT2D eigenvalue weighted by Crippen LogP contribution is 2.43. The third-order valence-electron chi connectivity index (χ3n) is 10.3. The fourth-order valence-corrected chi connectivity index (χ4v) is 7.73. The summed E-state index contributed by atoms with van der Waals surface area (Å²) < 4.78 is 13.3. The Morgan fingerprint density at radius 2 is 0.870 bits per heavy atom. The fraction of sp³-hybridized carbons (Fsp3) is 0. The second-order valence-corrected chi connectivity index (χ2v) is 13.6. The van der Waals surface area contributed by atoms with Crippen LogP contribution in [0.5, 0.6) is 0 Å². The van der Waals surface area contributed by atoms with E-state index in [1.54, 1.807) is 0 Å². The molecule has 11 aromatic rings. The van der Waals surface area contributed by atoms with Crippen molar-refractivity contribution in [1.82, 2.24) is 15.0 Å². The molecule has 5 heteroatoms. The maximum Gasteiger partial charge on any atom is 0.164 e. The molecule has 0 unspecified atom stereocenters. The lowest BCUT2D eigenvalue weighted by atomic mass is 9.97. The molecule has 0 aliphatic carbocycles. The van der Waals surface area contributed by atoms with Crippen molar-refractivity contribution in [2.75, 3.05) is 0 Å². The molecule has 0 atom stereocenters. The molecular formula is C49H29N3O2. The zero-order valence-corrected chi connectivity index (χ0v) is 28.9. The van der Waals surface area contributed by atoms with Crippen molar-refractivity contribution in [3.05, 3.63) is 176 Å². The molecule has 0 aliphatic rings. The Morgan fingerprint density at radius 3 is 1.61 bits per heavy atom. The van der Waals surface area contributed by atoms with E-state index in [2.05, 4.69) is 103 Å². The fourth-order valence-electron chi connectivity index (χ4n) is 7.73. The standard InChI is InChI=1S/C49H29N3O2/c1-4-14-30(15-5-1)36-24-25-38(44-37-22-12-13-23-42(37)53-46(36)44)49-51-47(32-18-8-3-9-19-32)50-48(52-49)35-27-39(31-16-6-2-7-17-31)45-41(28-35)40-26-33-20-10-11-21-34(33)29-43(40)54-45/h1-29H. The smallest absolute Gasteiger partial charge is 0.164 e. The largest absolute Gasteiger partial charge is 0.455 e. The number of rotatable bonds is 5. The molecule has 0 N–H and O–H groups in total. The second-order valence-electron chi connectivity index (χ2n) is 13.6. The van der Waals surface area contributed by atoms with Crippen LogP contribution in [0.25, 0.3) is 111 Å². The first-order valence-corrected chi connectivity index (χ1v) is 18.0. The van der Waals surface area contributed by atoms with E-state index in [-0.39, 0.29) is 0 Å². The minimum absolute atomic E-state index is 0.569. The van der Waals surface area contributed by atoms with Gasteiger partial charge in [0.05, 0.1) is 0 Å². The Morgan fingerprint density at radius 1 is 0.315 bits per heavy atom. The van der Waals surface area contributed by atoms with Crippen LogP contribution in [-0.4, -0.2) is 15.0 Å². The van der Waals surface area contributed by atoms with E-state index < -0.39 is 0 Å². The molecule has 0 bridgehead atoms. The number of fused-ring (bicyclic) bond motifs is 7. The SMILES string of the molecule is c1ccc(-c2nc(-c3cc(-c4ccccc4)c4oc5cc6ccccc6cc5c4c3)nc(-c3ccc(-c4ccccc4)c4oc5ccccc5c34)n2)cc1. The molecular weight excluding hydrogens is 663 g/mol.